The van der Waals surface area contributed by atoms with Gasteiger partial charge in [-0.1, -0.05) is 37.3 Å². The van der Waals surface area contributed by atoms with Crippen LogP contribution in [0, 0.1) is 11.3 Å². The number of amides is 1. The first-order valence-electron chi connectivity index (χ1n) is 7.17. The van der Waals surface area contributed by atoms with Gasteiger partial charge in [-0.2, -0.15) is 5.26 Å². The zero-order chi connectivity index (χ0) is 15.8. The highest BCUT2D eigenvalue weighted by Crippen LogP contribution is 2.17. The number of hydrogen-bond donors (Lipinski definition) is 1. The molecule has 0 saturated heterocycles. The summed E-state index contributed by atoms with van der Waals surface area (Å²) in [7, 11) is 0. The van der Waals surface area contributed by atoms with Crippen LogP contribution in [0.5, 0.6) is 0 Å². The predicted octanol–water partition coefficient (Wildman–Crippen LogP) is 3.99. The van der Waals surface area contributed by atoms with Gasteiger partial charge in [0, 0.05) is 11.4 Å². The number of rotatable bonds is 6. The number of nitrogens with zero attached hydrogens (tertiary/aromatic N) is 1. The van der Waals surface area contributed by atoms with Gasteiger partial charge in [-0.3, -0.25) is 4.79 Å². The third-order valence-electron chi connectivity index (χ3n) is 3.27. The lowest BCUT2D eigenvalue weighted by Gasteiger charge is -2.07. The van der Waals surface area contributed by atoms with Crippen LogP contribution < -0.4 is 5.32 Å². The molecular weight excluding hydrogens is 292 g/mol. The van der Waals surface area contributed by atoms with Crippen molar-refractivity contribution in [3.63, 3.8) is 0 Å². The van der Waals surface area contributed by atoms with E-state index in [0.717, 1.165) is 17.7 Å². The van der Waals surface area contributed by atoms with Gasteiger partial charge in [-0.25, -0.2) is 0 Å². The Balaban J connectivity index is 1.81. The normalized spacial score (nSPS) is 10.0. The monoisotopic (exact) mass is 310 g/mol. The molecule has 0 saturated carbocycles. The molecule has 3 nitrogen and oxygen atoms in total. The molecule has 0 spiro atoms. The Bertz CT molecular complexity index is 674. The smallest absolute Gasteiger partial charge is 0.234 e. The molecule has 1 amide bonds. The van der Waals surface area contributed by atoms with Gasteiger partial charge in [-0.15, -0.1) is 11.8 Å². The second-order valence-electron chi connectivity index (χ2n) is 4.86. The summed E-state index contributed by atoms with van der Waals surface area (Å²) in [5.74, 6) is 1.00. The second-order valence-corrected chi connectivity index (χ2v) is 5.85. The lowest BCUT2D eigenvalue weighted by Crippen LogP contribution is -2.14. The summed E-state index contributed by atoms with van der Waals surface area (Å²) >= 11 is 1.51. The molecule has 0 atom stereocenters. The molecule has 4 heteroatoms. The Kier molecular flexibility index (Phi) is 6.05. The van der Waals surface area contributed by atoms with Crippen LogP contribution in [0.1, 0.15) is 23.6 Å². The molecular formula is C18H18N2OS. The van der Waals surface area contributed by atoms with Crippen molar-refractivity contribution >= 4 is 23.4 Å². The molecule has 2 aromatic rings. The lowest BCUT2D eigenvalue weighted by molar-refractivity contribution is -0.113. The van der Waals surface area contributed by atoms with Gasteiger partial charge < -0.3 is 5.32 Å². The van der Waals surface area contributed by atoms with E-state index in [1.807, 2.05) is 42.5 Å². The van der Waals surface area contributed by atoms with Gasteiger partial charge in [0.05, 0.1) is 17.4 Å². The largest absolute Gasteiger partial charge is 0.325 e. The topological polar surface area (TPSA) is 52.9 Å². The van der Waals surface area contributed by atoms with Crippen molar-refractivity contribution in [3.8, 4) is 6.07 Å². The summed E-state index contributed by atoms with van der Waals surface area (Å²) in [6, 6.07) is 17.5. The minimum Gasteiger partial charge on any atom is -0.325 e. The molecule has 0 aliphatic carbocycles. The first-order valence-corrected chi connectivity index (χ1v) is 8.33. The summed E-state index contributed by atoms with van der Waals surface area (Å²) < 4.78 is 0. The molecule has 22 heavy (non-hydrogen) atoms. The zero-order valence-corrected chi connectivity index (χ0v) is 13.3. The maximum absolute atomic E-state index is 11.9. The van der Waals surface area contributed by atoms with Crippen LogP contribution in [0.25, 0.3) is 0 Å². The first kappa shape index (κ1) is 16.1. The molecule has 0 bridgehead atoms. The molecule has 0 aliphatic heterocycles. The van der Waals surface area contributed by atoms with E-state index in [2.05, 4.69) is 18.3 Å². The highest BCUT2D eigenvalue weighted by Gasteiger charge is 2.05. The van der Waals surface area contributed by atoms with Gasteiger partial charge in [0.25, 0.3) is 0 Å². The fourth-order valence-electron chi connectivity index (χ4n) is 2.03. The Labute approximate surface area is 135 Å². The molecule has 0 aromatic heterocycles. The third kappa shape index (κ3) is 4.64. The van der Waals surface area contributed by atoms with Gasteiger partial charge in [0.15, 0.2) is 0 Å². The molecule has 0 aliphatic rings. The Hall–Kier alpha value is -2.25. The van der Waals surface area contributed by atoms with E-state index in [9.17, 15) is 4.79 Å². The van der Waals surface area contributed by atoms with Crippen molar-refractivity contribution in [2.45, 2.75) is 19.1 Å². The number of hydrogen-bond acceptors (Lipinski definition) is 3. The molecule has 0 radical (unpaired) electrons. The Morgan fingerprint density at radius 1 is 1.18 bits per heavy atom. The van der Waals surface area contributed by atoms with Crippen molar-refractivity contribution in [2.75, 3.05) is 11.1 Å². The summed E-state index contributed by atoms with van der Waals surface area (Å²) in [5, 5.41) is 11.9. The molecule has 112 valence electrons. The average molecular weight is 310 g/mol. The lowest BCUT2D eigenvalue weighted by atomic mass is 10.1. The summed E-state index contributed by atoms with van der Waals surface area (Å²) in [6.07, 6.45) is 0.988. The van der Waals surface area contributed by atoms with Crippen molar-refractivity contribution in [1.82, 2.24) is 0 Å². The number of benzene rings is 2. The van der Waals surface area contributed by atoms with E-state index in [-0.39, 0.29) is 5.91 Å². The fraction of sp³-hybridized carbons (Fsp3) is 0.222. The van der Waals surface area contributed by atoms with Gasteiger partial charge in [0.2, 0.25) is 5.91 Å². The number of anilines is 1. The van der Waals surface area contributed by atoms with Crippen molar-refractivity contribution in [2.24, 2.45) is 0 Å². The predicted molar refractivity (Wildman–Crippen MR) is 91.8 cm³/mol. The Morgan fingerprint density at radius 3 is 2.59 bits per heavy atom. The van der Waals surface area contributed by atoms with E-state index in [1.54, 1.807) is 6.07 Å². The molecule has 0 heterocycles. The molecule has 2 rings (SSSR count). The van der Waals surface area contributed by atoms with Crippen LogP contribution in [0.2, 0.25) is 0 Å². The number of carbonyl (C=O) groups excluding carboxylic acids is 1. The van der Waals surface area contributed by atoms with Crippen molar-refractivity contribution in [1.29, 1.82) is 5.26 Å². The minimum absolute atomic E-state index is 0.0244. The minimum atomic E-state index is -0.0244. The van der Waals surface area contributed by atoms with Crippen molar-refractivity contribution in [3.05, 3.63) is 65.2 Å². The van der Waals surface area contributed by atoms with Gasteiger partial charge in [-0.05, 0) is 35.7 Å². The number of thioether (sulfide) groups is 1. The molecule has 0 unspecified atom stereocenters. The van der Waals surface area contributed by atoms with E-state index < -0.39 is 0 Å². The van der Waals surface area contributed by atoms with Crippen LogP contribution in [-0.2, 0) is 17.0 Å². The number of nitriles is 1. The molecule has 0 fully saturated rings. The standard InChI is InChI=1S/C18H18N2OS/c1-2-14-7-9-17(10-8-14)20-18(21)13-22-12-16-6-4-3-5-15(16)11-19/h3-10H,2,12-13H2,1H3,(H,20,21). The molecule has 2 aromatic carbocycles. The Morgan fingerprint density at radius 2 is 1.91 bits per heavy atom. The first-order chi connectivity index (χ1) is 10.7. The van der Waals surface area contributed by atoms with Crippen LogP contribution in [0.4, 0.5) is 5.69 Å². The van der Waals surface area contributed by atoms with Gasteiger partial charge >= 0.3 is 0 Å². The summed E-state index contributed by atoms with van der Waals surface area (Å²) in [5.41, 5.74) is 3.71. The highest BCUT2D eigenvalue weighted by atomic mass is 32.2. The number of carbonyl (C=O) groups is 1. The van der Waals surface area contributed by atoms with E-state index in [1.165, 1.54) is 17.3 Å². The number of nitrogens with one attached hydrogen (secondary N) is 1. The highest BCUT2D eigenvalue weighted by molar-refractivity contribution is 7.99. The zero-order valence-electron chi connectivity index (χ0n) is 12.5. The summed E-state index contributed by atoms with van der Waals surface area (Å²) in [6.45, 7) is 2.10. The van der Waals surface area contributed by atoms with Crippen LogP contribution >= 0.6 is 11.8 Å². The third-order valence-corrected chi connectivity index (χ3v) is 4.26. The maximum atomic E-state index is 11.9. The second kappa shape index (κ2) is 8.26. The van der Waals surface area contributed by atoms with Gasteiger partial charge in [0.1, 0.15) is 0 Å². The average Bonchev–Trinajstić information content (AvgIpc) is 2.56. The van der Waals surface area contributed by atoms with Crippen molar-refractivity contribution < 1.29 is 4.79 Å². The van der Waals surface area contributed by atoms with E-state index in [4.69, 9.17) is 5.26 Å². The quantitative estimate of drug-likeness (QED) is 0.877. The van der Waals surface area contributed by atoms with Crippen LogP contribution in [0.15, 0.2) is 48.5 Å². The fourth-order valence-corrected chi connectivity index (χ4v) is 2.86. The van der Waals surface area contributed by atoms with E-state index in [0.29, 0.717) is 17.1 Å². The number of aryl methyl sites for hydroxylation is 1. The van der Waals surface area contributed by atoms with Crippen LogP contribution in [-0.4, -0.2) is 11.7 Å². The molecule has 1 N–H and O–H groups in total. The van der Waals surface area contributed by atoms with Crippen LogP contribution in [0.3, 0.4) is 0 Å². The summed E-state index contributed by atoms with van der Waals surface area (Å²) in [4.78, 5) is 11.9. The SMILES string of the molecule is CCc1ccc(NC(=O)CSCc2ccccc2C#N)cc1. The maximum Gasteiger partial charge on any atom is 0.234 e. The van der Waals surface area contributed by atoms with E-state index >= 15 is 0 Å².